The van der Waals surface area contributed by atoms with Crippen LogP contribution in [0.4, 0.5) is 5.69 Å². The molecule has 0 aromatic heterocycles. The van der Waals surface area contributed by atoms with E-state index in [1.165, 1.54) is 5.69 Å². The van der Waals surface area contributed by atoms with Crippen LogP contribution < -0.4 is 10.7 Å². The number of hydrogen-bond acceptors (Lipinski definition) is 3. The highest BCUT2D eigenvalue weighted by Crippen LogP contribution is 2.06. The molecular weight excluding hydrogens is 162 g/mol. The SMILES string of the molecule is c1ccc(NN2CCNCC2)cc1. The van der Waals surface area contributed by atoms with Gasteiger partial charge >= 0.3 is 0 Å². The predicted octanol–water partition coefficient (Wildman–Crippen LogP) is 0.919. The number of hydrazine groups is 1. The monoisotopic (exact) mass is 177 g/mol. The fourth-order valence-electron chi connectivity index (χ4n) is 1.47. The number of hydrogen-bond donors (Lipinski definition) is 2. The Hall–Kier alpha value is -1.06. The smallest absolute Gasteiger partial charge is 0.0490 e. The minimum absolute atomic E-state index is 1.06. The number of benzene rings is 1. The molecule has 0 saturated carbocycles. The first-order chi connectivity index (χ1) is 6.45. The van der Waals surface area contributed by atoms with Crippen molar-refractivity contribution in [1.82, 2.24) is 10.3 Å². The summed E-state index contributed by atoms with van der Waals surface area (Å²) in [5.74, 6) is 0. The van der Waals surface area contributed by atoms with Gasteiger partial charge in [0.1, 0.15) is 0 Å². The maximum atomic E-state index is 3.37. The number of nitrogens with zero attached hydrogens (tertiary/aromatic N) is 1. The third kappa shape index (κ3) is 2.44. The normalized spacial score (nSPS) is 18.5. The molecule has 0 amide bonds. The van der Waals surface area contributed by atoms with Crippen LogP contribution in [0.1, 0.15) is 0 Å². The fraction of sp³-hybridized carbons (Fsp3) is 0.400. The lowest BCUT2D eigenvalue weighted by molar-refractivity contribution is 0.287. The third-order valence-electron chi connectivity index (χ3n) is 2.18. The van der Waals surface area contributed by atoms with Gasteiger partial charge in [-0.2, -0.15) is 0 Å². The van der Waals surface area contributed by atoms with Gasteiger partial charge in [-0.25, -0.2) is 5.01 Å². The van der Waals surface area contributed by atoms with Crippen molar-refractivity contribution in [2.45, 2.75) is 0 Å². The predicted molar refractivity (Wildman–Crippen MR) is 54.5 cm³/mol. The van der Waals surface area contributed by atoms with E-state index in [0.29, 0.717) is 0 Å². The first kappa shape index (κ1) is 8.53. The maximum absolute atomic E-state index is 3.37. The Morgan fingerprint density at radius 1 is 1.08 bits per heavy atom. The van der Waals surface area contributed by atoms with Gasteiger partial charge in [0.25, 0.3) is 0 Å². The fourth-order valence-corrected chi connectivity index (χ4v) is 1.47. The molecule has 2 rings (SSSR count). The van der Waals surface area contributed by atoms with Crippen molar-refractivity contribution >= 4 is 5.69 Å². The van der Waals surface area contributed by atoms with Crippen molar-refractivity contribution in [3.8, 4) is 0 Å². The average Bonchev–Trinajstić information content (AvgIpc) is 2.21. The molecule has 13 heavy (non-hydrogen) atoms. The Kier molecular flexibility index (Phi) is 2.79. The minimum Gasteiger partial charge on any atom is -0.319 e. The van der Waals surface area contributed by atoms with Crippen molar-refractivity contribution in [3.05, 3.63) is 30.3 Å². The maximum Gasteiger partial charge on any atom is 0.0490 e. The molecule has 70 valence electrons. The number of nitrogens with one attached hydrogen (secondary N) is 2. The first-order valence-corrected chi connectivity index (χ1v) is 4.72. The Morgan fingerprint density at radius 2 is 1.77 bits per heavy atom. The Balaban J connectivity index is 1.90. The lowest BCUT2D eigenvalue weighted by atomic mass is 10.3. The van der Waals surface area contributed by atoms with Gasteiger partial charge in [-0.15, -0.1) is 0 Å². The second-order valence-electron chi connectivity index (χ2n) is 3.21. The van der Waals surface area contributed by atoms with Gasteiger partial charge in [0.2, 0.25) is 0 Å². The Labute approximate surface area is 78.7 Å². The van der Waals surface area contributed by atoms with Gasteiger partial charge in [-0.05, 0) is 12.1 Å². The summed E-state index contributed by atoms with van der Waals surface area (Å²) in [6.45, 7) is 4.27. The van der Waals surface area contributed by atoms with Gasteiger partial charge in [0, 0.05) is 31.9 Å². The van der Waals surface area contributed by atoms with Crippen LogP contribution >= 0.6 is 0 Å². The van der Waals surface area contributed by atoms with E-state index in [4.69, 9.17) is 0 Å². The van der Waals surface area contributed by atoms with Gasteiger partial charge in [0.05, 0.1) is 0 Å². The van der Waals surface area contributed by atoms with Crippen LogP contribution in [0.25, 0.3) is 0 Å². The summed E-state index contributed by atoms with van der Waals surface area (Å²) >= 11 is 0. The van der Waals surface area contributed by atoms with Crippen LogP contribution in [0.15, 0.2) is 30.3 Å². The van der Waals surface area contributed by atoms with E-state index in [9.17, 15) is 0 Å². The molecule has 0 unspecified atom stereocenters. The molecule has 1 aromatic rings. The standard InChI is InChI=1S/C10H15N3/c1-2-4-10(5-3-1)12-13-8-6-11-7-9-13/h1-5,11-12H,6-9H2. The summed E-state index contributed by atoms with van der Waals surface area (Å²) in [4.78, 5) is 0. The zero-order chi connectivity index (χ0) is 8.93. The molecule has 1 saturated heterocycles. The molecule has 1 aliphatic heterocycles. The highest BCUT2D eigenvalue weighted by molar-refractivity contribution is 5.41. The van der Waals surface area contributed by atoms with Crippen LogP contribution in [0, 0.1) is 0 Å². The molecule has 0 aliphatic carbocycles. The van der Waals surface area contributed by atoms with Crippen molar-refractivity contribution in [3.63, 3.8) is 0 Å². The lowest BCUT2D eigenvalue weighted by Crippen LogP contribution is -2.46. The summed E-state index contributed by atoms with van der Waals surface area (Å²) in [5.41, 5.74) is 4.54. The van der Waals surface area contributed by atoms with Gasteiger partial charge in [0.15, 0.2) is 0 Å². The van der Waals surface area contributed by atoms with Crippen LogP contribution in [-0.2, 0) is 0 Å². The zero-order valence-electron chi connectivity index (χ0n) is 7.66. The molecule has 0 radical (unpaired) electrons. The molecule has 0 atom stereocenters. The van der Waals surface area contributed by atoms with E-state index < -0.39 is 0 Å². The van der Waals surface area contributed by atoms with E-state index in [2.05, 4.69) is 27.9 Å². The molecular formula is C10H15N3. The molecule has 2 N–H and O–H groups in total. The summed E-state index contributed by atoms with van der Waals surface area (Å²) in [6, 6.07) is 10.3. The molecule has 0 spiro atoms. The second-order valence-corrected chi connectivity index (χ2v) is 3.21. The largest absolute Gasteiger partial charge is 0.319 e. The molecule has 1 heterocycles. The van der Waals surface area contributed by atoms with Crippen LogP contribution in [0.2, 0.25) is 0 Å². The summed E-state index contributed by atoms with van der Waals surface area (Å²) in [7, 11) is 0. The van der Waals surface area contributed by atoms with E-state index in [-0.39, 0.29) is 0 Å². The number of anilines is 1. The van der Waals surface area contributed by atoms with E-state index in [0.717, 1.165) is 26.2 Å². The van der Waals surface area contributed by atoms with Crippen LogP contribution in [0.5, 0.6) is 0 Å². The molecule has 1 aromatic carbocycles. The Morgan fingerprint density at radius 3 is 2.46 bits per heavy atom. The number of rotatable bonds is 2. The van der Waals surface area contributed by atoms with Crippen molar-refractivity contribution < 1.29 is 0 Å². The van der Waals surface area contributed by atoms with Crippen molar-refractivity contribution in [2.75, 3.05) is 31.6 Å². The van der Waals surface area contributed by atoms with Crippen LogP contribution in [-0.4, -0.2) is 31.2 Å². The Bertz CT molecular complexity index is 242. The highest BCUT2D eigenvalue weighted by atomic mass is 15.5. The van der Waals surface area contributed by atoms with E-state index in [1.54, 1.807) is 0 Å². The van der Waals surface area contributed by atoms with Gasteiger partial charge in [-0.3, -0.25) is 0 Å². The van der Waals surface area contributed by atoms with Crippen molar-refractivity contribution in [1.29, 1.82) is 0 Å². The summed E-state index contributed by atoms with van der Waals surface area (Å²) in [6.07, 6.45) is 0. The lowest BCUT2D eigenvalue weighted by Gasteiger charge is -2.28. The number of piperazine rings is 1. The topological polar surface area (TPSA) is 27.3 Å². The molecule has 3 heteroatoms. The van der Waals surface area contributed by atoms with Crippen LogP contribution in [0.3, 0.4) is 0 Å². The van der Waals surface area contributed by atoms with E-state index >= 15 is 0 Å². The van der Waals surface area contributed by atoms with Crippen molar-refractivity contribution in [2.24, 2.45) is 0 Å². The minimum atomic E-state index is 1.06. The van der Waals surface area contributed by atoms with Gasteiger partial charge < -0.3 is 10.7 Å². The third-order valence-corrected chi connectivity index (χ3v) is 2.18. The molecule has 3 nitrogen and oxygen atoms in total. The summed E-state index contributed by atoms with van der Waals surface area (Å²) < 4.78 is 0. The first-order valence-electron chi connectivity index (χ1n) is 4.72. The quantitative estimate of drug-likeness (QED) is 0.703. The second kappa shape index (κ2) is 4.25. The molecule has 1 aliphatic rings. The van der Waals surface area contributed by atoms with Gasteiger partial charge in [-0.1, -0.05) is 18.2 Å². The molecule has 1 fully saturated rings. The highest BCUT2D eigenvalue weighted by Gasteiger charge is 2.07. The zero-order valence-corrected chi connectivity index (χ0v) is 7.66. The average molecular weight is 177 g/mol. The molecule has 0 bridgehead atoms. The van der Waals surface area contributed by atoms with E-state index in [1.807, 2.05) is 18.2 Å². The summed E-state index contributed by atoms with van der Waals surface area (Å²) in [5, 5.41) is 5.56. The number of para-hydroxylation sites is 1.